The summed E-state index contributed by atoms with van der Waals surface area (Å²) >= 11 is 0. The van der Waals surface area contributed by atoms with Crippen molar-refractivity contribution in [3.63, 3.8) is 0 Å². The Kier molecular flexibility index (Phi) is 4.44. The molecule has 0 saturated carbocycles. The van der Waals surface area contributed by atoms with E-state index in [2.05, 4.69) is 103 Å². The highest BCUT2D eigenvalue weighted by Crippen LogP contribution is 2.40. The molecule has 0 aliphatic heterocycles. The van der Waals surface area contributed by atoms with Crippen LogP contribution in [0, 0.1) is 0 Å². The lowest BCUT2D eigenvalue weighted by atomic mass is 9.87. The van der Waals surface area contributed by atoms with Crippen LogP contribution in [0.15, 0.2) is 73.2 Å². The van der Waals surface area contributed by atoms with Crippen molar-refractivity contribution in [3.05, 3.63) is 84.3 Å². The molecule has 4 heteroatoms. The maximum atomic E-state index is 4.98. The van der Waals surface area contributed by atoms with Gasteiger partial charge in [0.15, 0.2) is 0 Å². The average molecular weight is 431 g/mol. The molecular weight excluding hydrogens is 404 g/mol. The molecule has 3 heterocycles. The van der Waals surface area contributed by atoms with Gasteiger partial charge in [-0.05, 0) is 40.5 Å². The van der Waals surface area contributed by atoms with Crippen LogP contribution >= 0.6 is 0 Å². The van der Waals surface area contributed by atoms with Gasteiger partial charge in [-0.1, -0.05) is 70.2 Å². The summed E-state index contributed by atoms with van der Waals surface area (Å²) in [6, 6.07) is 19.6. The van der Waals surface area contributed by atoms with Crippen molar-refractivity contribution in [2.75, 3.05) is 0 Å². The molecule has 0 bridgehead atoms. The molecule has 0 radical (unpaired) electrons. The molecule has 3 aromatic heterocycles. The molecule has 4 nitrogen and oxygen atoms in total. The Labute approximate surface area is 193 Å². The quantitative estimate of drug-likeness (QED) is 0.216. The number of pyridine rings is 1. The first-order valence-corrected chi connectivity index (χ1v) is 11.6. The van der Waals surface area contributed by atoms with E-state index in [0.29, 0.717) is 11.8 Å². The Balaban J connectivity index is 1.86. The van der Waals surface area contributed by atoms with Gasteiger partial charge in [0.2, 0.25) is 0 Å². The van der Waals surface area contributed by atoms with Gasteiger partial charge in [-0.3, -0.25) is 14.4 Å². The Morgan fingerprint density at radius 2 is 1.30 bits per heavy atom. The molecule has 0 aliphatic rings. The number of imidazole rings is 1. The number of benzene rings is 3. The molecule has 0 fully saturated rings. The fraction of sp³-hybridized carbons (Fsp3) is 0.207. The van der Waals surface area contributed by atoms with Gasteiger partial charge in [-0.2, -0.15) is 0 Å². The summed E-state index contributed by atoms with van der Waals surface area (Å²) in [7, 11) is 0. The lowest BCUT2D eigenvalue weighted by Gasteiger charge is -2.20. The first-order chi connectivity index (χ1) is 16.0. The second-order valence-electron chi connectivity index (χ2n) is 9.38. The monoisotopic (exact) mass is 430 g/mol. The Morgan fingerprint density at radius 3 is 1.97 bits per heavy atom. The minimum absolute atomic E-state index is 0.405. The van der Waals surface area contributed by atoms with Gasteiger partial charge >= 0.3 is 0 Å². The van der Waals surface area contributed by atoms with Crippen LogP contribution in [0.3, 0.4) is 0 Å². The SMILES string of the molecule is CC(C)c1cccc(C(C)C)c1-c1cnc2c3ccccc3c3cc4nccnc4cc3n12. The van der Waals surface area contributed by atoms with Crippen LogP contribution in [0.5, 0.6) is 0 Å². The number of aromatic nitrogens is 4. The molecule has 0 amide bonds. The summed E-state index contributed by atoms with van der Waals surface area (Å²) in [5.41, 5.74) is 9.02. The summed E-state index contributed by atoms with van der Waals surface area (Å²) in [4.78, 5) is 14.2. The zero-order chi connectivity index (χ0) is 22.7. The van der Waals surface area contributed by atoms with E-state index in [1.54, 1.807) is 12.4 Å². The van der Waals surface area contributed by atoms with Crippen molar-refractivity contribution < 1.29 is 0 Å². The lowest BCUT2D eigenvalue weighted by Crippen LogP contribution is -2.02. The minimum Gasteiger partial charge on any atom is -0.292 e. The molecule has 0 aliphatic carbocycles. The predicted octanol–water partition coefficient (Wildman–Crippen LogP) is 7.50. The van der Waals surface area contributed by atoms with Crippen molar-refractivity contribution in [1.82, 2.24) is 19.4 Å². The second-order valence-corrected chi connectivity index (χ2v) is 9.38. The van der Waals surface area contributed by atoms with E-state index >= 15 is 0 Å². The number of rotatable bonds is 3. The molecule has 0 unspecified atom stereocenters. The first kappa shape index (κ1) is 19.9. The highest BCUT2D eigenvalue weighted by Gasteiger charge is 2.21. The highest BCUT2D eigenvalue weighted by molar-refractivity contribution is 6.14. The Hall–Kier alpha value is -3.79. The van der Waals surface area contributed by atoms with E-state index in [-0.39, 0.29) is 0 Å². The fourth-order valence-corrected chi connectivity index (χ4v) is 5.12. The van der Waals surface area contributed by atoms with Crippen LogP contribution in [0.25, 0.3) is 49.6 Å². The van der Waals surface area contributed by atoms with Crippen molar-refractivity contribution in [3.8, 4) is 11.3 Å². The minimum atomic E-state index is 0.405. The number of fused-ring (bicyclic) bond motifs is 7. The topological polar surface area (TPSA) is 43.1 Å². The zero-order valence-electron chi connectivity index (χ0n) is 19.4. The van der Waals surface area contributed by atoms with Crippen molar-refractivity contribution in [2.24, 2.45) is 0 Å². The highest BCUT2D eigenvalue weighted by atomic mass is 15.0. The fourth-order valence-electron chi connectivity index (χ4n) is 5.12. The molecule has 162 valence electrons. The molecule has 6 aromatic rings. The number of nitrogens with zero attached hydrogens (tertiary/aromatic N) is 4. The van der Waals surface area contributed by atoms with E-state index in [4.69, 9.17) is 4.98 Å². The molecule has 3 aromatic carbocycles. The summed E-state index contributed by atoms with van der Waals surface area (Å²) < 4.78 is 2.33. The van der Waals surface area contributed by atoms with E-state index in [1.165, 1.54) is 27.5 Å². The number of hydrogen-bond donors (Lipinski definition) is 0. The van der Waals surface area contributed by atoms with Crippen LogP contribution in [0.4, 0.5) is 0 Å². The maximum Gasteiger partial charge on any atom is 0.145 e. The Morgan fingerprint density at radius 1 is 0.667 bits per heavy atom. The van der Waals surface area contributed by atoms with E-state index in [0.717, 1.165) is 33.3 Å². The largest absolute Gasteiger partial charge is 0.292 e. The molecule has 0 saturated heterocycles. The van der Waals surface area contributed by atoms with Gasteiger partial charge in [0.25, 0.3) is 0 Å². The van der Waals surface area contributed by atoms with Crippen LogP contribution in [-0.2, 0) is 0 Å². The molecule has 0 spiro atoms. The van der Waals surface area contributed by atoms with Gasteiger partial charge < -0.3 is 0 Å². The maximum absolute atomic E-state index is 4.98. The third-order valence-corrected chi connectivity index (χ3v) is 6.68. The molecule has 33 heavy (non-hydrogen) atoms. The van der Waals surface area contributed by atoms with Gasteiger partial charge in [-0.15, -0.1) is 0 Å². The first-order valence-electron chi connectivity index (χ1n) is 11.6. The van der Waals surface area contributed by atoms with Crippen LogP contribution in [0.2, 0.25) is 0 Å². The molecule has 0 N–H and O–H groups in total. The summed E-state index contributed by atoms with van der Waals surface area (Å²) in [5, 5.41) is 3.50. The van der Waals surface area contributed by atoms with E-state index < -0.39 is 0 Å². The zero-order valence-corrected chi connectivity index (χ0v) is 19.4. The van der Waals surface area contributed by atoms with E-state index in [9.17, 15) is 0 Å². The van der Waals surface area contributed by atoms with Crippen LogP contribution in [0.1, 0.15) is 50.7 Å². The lowest BCUT2D eigenvalue weighted by molar-refractivity contribution is 0.836. The van der Waals surface area contributed by atoms with E-state index in [1.807, 2.05) is 0 Å². The van der Waals surface area contributed by atoms with Crippen molar-refractivity contribution in [1.29, 1.82) is 0 Å². The average Bonchev–Trinajstić information content (AvgIpc) is 3.28. The van der Waals surface area contributed by atoms with Gasteiger partial charge in [-0.25, -0.2) is 4.98 Å². The molecule has 6 rings (SSSR count). The molecule has 0 atom stereocenters. The van der Waals surface area contributed by atoms with Gasteiger partial charge in [0, 0.05) is 28.7 Å². The summed E-state index contributed by atoms with van der Waals surface area (Å²) in [5.74, 6) is 0.810. The van der Waals surface area contributed by atoms with Crippen molar-refractivity contribution in [2.45, 2.75) is 39.5 Å². The van der Waals surface area contributed by atoms with Gasteiger partial charge in [0.1, 0.15) is 5.65 Å². The predicted molar refractivity (Wildman–Crippen MR) is 137 cm³/mol. The third kappa shape index (κ3) is 2.94. The second kappa shape index (κ2) is 7.38. The van der Waals surface area contributed by atoms with Crippen LogP contribution in [-0.4, -0.2) is 19.4 Å². The normalized spacial score (nSPS) is 12.2. The number of hydrogen-bond acceptors (Lipinski definition) is 3. The van der Waals surface area contributed by atoms with Crippen LogP contribution < -0.4 is 0 Å². The standard InChI is InChI=1S/C29H26N4/c1-17(2)19-10-7-11-20(18(3)4)28(19)27-16-32-29-22-9-6-5-8-21(22)23-14-24-25(31-13-12-30-24)15-26(23)33(27)29/h5-18H,1-4H3. The summed E-state index contributed by atoms with van der Waals surface area (Å²) in [6.07, 6.45) is 5.56. The molecular formula is C29H26N4. The van der Waals surface area contributed by atoms with Crippen molar-refractivity contribution >= 4 is 38.4 Å². The third-order valence-electron chi connectivity index (χ3n) is 6.68. The summed E-state index contributed by atoms with van der Waals surface area (Å²) in [6.45, 7) is 9.07. The smallest absolute Gasteiger partial charge is 0.145 e. The Bertz CT molecular complexity index is 1650. The van der Waals surface area contributed by atoms with Gasteiger partial charge in [0.05, 0.1) is 28.4 Å².